The van der Waals surface area contributed by atoms with Crippen LogP contribution in [0.3, 0.4) is 0 Å². The van der Waals surface area contributed by atoms with Gasteiger partial charge in [-0.2, -0.15) is 9.97 Å². The molecule has 17 heavy (non-hydrogen) atoms. The van der Waals surface area contributed by atoms with E-state index in [1.807, 2.05) is 0 Å². The minimum atomic E-state index is -0.232. The normalized spacial score (nSPS) is 9.94. The molecule has 0 saturated carbocycles. The monoisotopic (exact) mass is 240 g/mol. The van der Waals surface area contributed by atoms with E-state index in [1.165, 1.54) is 14.2 Å². The summed E-state index contributed by atoms with van der Waals surface area (Å²) in [6, 6.07) is 0.175. The summed E-state index contributed by atoms with van der Waals surface area (Å²) in [7, 11) is 2.96. The SMILES string of the molecule is COc1nc(C=C(CO)CO)c(C)c(OC)n1. The molecule has 2 N–H and O–H groups in total. The summed E-state index contributed by atoms with van der Waals surface area (Å²) >= 11 is 0. The molecule has 0 aromatic carbocycles. The Hall–Kier alpha value is -1.66. The van der Waals surface area contributed by atoms with E-state index in [0.717, 1.165) is 0 Å². The second kappa shape index (κ2) is 6.17. The number of ether oxygens (including phenoxy) is 2. The van der Waals surface area contributed by atoms with Crippen molar-refractivity contribution in [1.29, 1.82) is 0 Å². The van der Waals surface area contributed by atoms with Crippen LogP contribution in [0.2, 0.25) is 0 Å². The van der Waals surface area contributed by atoms with Gasteiger partial charge in [0.25, 0.3) is 0 Å². The van der Waals surface area contributed by atoms with E-state index in [9.17, 15) is 0 Å². The van der Waals surface area contributed by atoms with Crippen molar-refractivity contribution < 1.29 is 19.7 Å². The highest BCUT2D eigenvalue weighted by Crippen LogP contribution is 2.22. The van der Waals surface area contributed by atoms with Gasteiger partial charge in [0.1, 0.15) is 0 Å². The molecule has 94 valence electrons. The first-order valence-corrected chi connectivity index (χ1v) is 5.04. The van der Waals surface area contributed by atoms with Crippen molar-refractivity contribution in [2.45, 2.75) is 6.92 Å². The topological polar surface area (TPSA) is 84.7 Å². The number of aliphatic hydroxyl groups excluding tert-OH is 2. The molecule has 0 aliphatic heterocycles. The summed E-state index contributed by atoms with van der Waals surface area (Å²) in [6.07, 6.45) is 1.59. The molecule has 0 spiro atoms. The molecule has 0 unspecified atom stereocenters. The molecular weight excluding hydrogens is 224 g/mol. The number of aliphatic hydroxyl groups is 2. The van der Waals surface area contributed by atoms with Gasteiger partial charge in [-0.05, 0) is 18.6 Å². The summed E-state index contributed by atoms with van der Waals surface area (Å²) in [5.74, 6) is 0.401. The van der Waals surface area contributed by atoms with Crippen LogP contribution in [0.1, 0.15) is 11.3 Å². The third-order valence-electron chi connectivity index (χ3n) is 2.24. The van der Waals surface area contributed by atoms with Crippen molar-refractivity contribution in [3.63, 3.8) is 0 Å². The van der Waals surface area contributed by atoms with Crippen molar-refractivity contribution in [1.82, 2.24) is 9.97 Å². The van der Waals surface area contributed by atoms with Crippen molar-refractivity contribution in [3.8, 4) is 11.9 Å². The Morgan fingerprint density at radius 1 is 1.18 bits per heavy atom. The van der Waals surface area contributed by atoms with Gasteiger partial charge in [0.05, 0.1) is 33.1 Å². The fraction of sp³-hybridized carbons (Fsp3) is 0.455. The first kappa shape index (κ1) is 13.4. The number of rotatable bonds is 5. The first-order valence-electron chi connectivity index (χ1n) is 5.04. The predicted octanol–water partition coefficient (Wildman–Crippen LogP) is 0.170. The minimum absolute atomic E-state index is 0.175. The van der Waals surface area contributed by atoms with E-state index in [4.69, 9.17) is 19.7 Å². The molecule has 1 rings (SSSR count). The van der Waals surface area contributed by atoms with Gasteiger partial charge in [-0.3, -0.25) is 0 Å². The van der Waals surface area contributed by atoms with E-state index in [-0.39, 0.29) is 19.2 Å². The lowest BCUT2D eigenvalue weighted by molar-refractivity contribution is 0.278. The molecule has 0 saturated heterocycles. The average Bonchev–Trinajstić information content (AvgIpc) is 2.37. The van der Waals surface area contributed by atoms with Crippen LogP contribution in [-0.2, 0) is 0 Å². The van der Waals surface area contributed by atoms with Crippen LogP contribution in [0.5, 0.6) is 11.9 Å². The summed E-state index contributed by atoms with van der Waals surface area (Å²) < 4.78 is 10.0. The van der Waals surface area contributed by atoms with E-state index in [1.54, 1.807) is 13.0 Å². The van der Waals surface area contributed by atoms with Gasteiger partial charge in [-0.25, -0.2) is 0 Å². The van der Waals surface area contributed by atoms with Gasteiger partial charge in [-0.15, -0.1) is 0 Å². The highest BCUT2D eigenvalue weighted by molar-refractivity contribution is 5.55. The van der Waals surface area contributed by atoms with Crippen LogP contribution in [-0.4, -0.2) is 47.6 Å². The van der Waals surface area contributed by atoms with Crippen molar-refractivity contribution in [2.24, 2.45) is 0 Å². The first-order chi connectivity index (χ1) is 8.15. The highest BCUT2D eigenvalue weighted by Gasteiger charge is 2.10. The molecule has 6 heteroatoms. The number of nitrogens with zero attached hydrogens (tertiary/aromatic N) is 2. The van der Waals surface area contributed by atoms with Gasteiger partial charge < -0.3 is 19.7 Å². The molecule has 0 atom stereocenters. The summed E-state index contributed by atoms with van der Waals surface area (Å²) in [5.41, 5.74) is 1.72. The third kappa shape index (κ3) is 3.15. The summed E-state index contributed by atoms with van der Waals surface area (Å²) in [5, 5.41) is 18.0. The zero-order chi connectivity index (χ0) is 12.8. The second-order valence-corrected chi connectivity index (χ2v) is 3.35. The number of hydrogen-bond acceptors (Lipinski definition) is 6. The van der Waals surface area contributed by atoms with Crippen LogP contribution >= 0.6 is 0 Å². The van der Waals surface area contributed by atoms with Gasteiger partial charge in [0, 0.05) is 5.56 Å². The molecule has 0 fully saturated rings. The Labute approximate surface area is 99.6 Å². The summed E-state index contributed by atoms with van der Waals surface area (Å²) in [6.45, 7) is 1.33. The Kier molecular flexibility index (Phi) is 4.86. The number of hydrogen-bond donors (Lipinski definition) is 2. The van der Waals surface area contributed by atoms with Crippen LogP contribution < -0.4 is 9.47 Å². The van der Waals surface area contributed by atoms with Gasteiger partial charge >= 0.3 is 6.01 Å². The lowest BCUT2D eigenvalue weighted by Gasteiger charge is -2.09. The Balaban J connectivity index is 3.26. The molecule has 1 aromatic rings. The number of aromatic nitrogens is 2. The predicted molar refractivity (Wildman–Crippen MR) is 62.0 cm³/mol. The van der Waals surface area contributed by atoms with Crippen LogP contribution in [0.25, 0.3) is 6.08 Å². The molecule has 1 heterocycles. The van der Waals surface area contributed by atoms with Crippen LogP contribution in [0, 0.1) is 6.92 Å². The van der Waals surface area contributed by atoms with E-state index >= 15 is 0 Å². The van der Waals surface area contributed by atoms with Crippen molar-refractivity contribution >= 4 is 6.08 Å². The summed E-state index contributed by atoms with van der Waals surface area (Å²) in [4.78, 5) is 8.14. The third-order valence-corrected chi connectivity index (χ3v) is 2.24. The molecule has 0 radical (unpaired) electrons. The van der Waals surface area contributed by atoms with Crippen LogP contribution in [0.4, 0.5) is 0 Å². The number of methoxy groups -OCH3 is 2. The fourth-order valence-corrected chi connectivity index (χ4v) is 1.26. The quantitative estimate of drug-likeness (QED) is 0.763. The lowest BCUT2D eigenvalue weighted by Crippen LogP contribution is -2.03. The highest BCUT2D eigenvalue weighted by atomic mass is 16.5. The molecule has 0 aliphatic rings. The van der Waals surface area contributed by atoms with Gasteiger partial charge in [0.2, 0.25) is 5.88 Å². The smallest absolute Gasteiger partial charge is 0.320 e. The van der Waals surface area contributed by atoms with Gasteiger partial charge in [0.15, 0.2) is 0 Å². The maximum absolute atomic E-state index is 9.00. The minimum Gasteiger partial charge on any atom is -0.481 e. The maximum Gasteiger partial charge on any atom is 0.320 e. The molecule has 0 bridgehead atoms. The second-order valence-electron chi connectivity index (χ2n) is 3.35. The Morgan fingerprint density at radius 3 is 2.29 bits per heavy atom. The standard InChI is InChI=1S/C11H16N2O4/c1-7-9(4-8(5-14)6-15)12-11(17-3)13-10(7)16-2/h4,14-15H,5-6H2,1-3H3. The lowest BCUT2D eigenvalue weighted by atomic mass is 10.1. The van der Waals surface area contributed by atoms with Crippen molar-refractivity contribution in [3.05, 3.63) is 16.8 Å². The molecule has 1 aromatic heterocycles. The van der Waals surface area contributed by atoms with Crippen LogP contribution in [0.15, 0.2) is 5.57 Å². The van der Waals surface area contributed by atoms with Gasteiger partial charge in [-0.1, -0.05) is 0 Å². The van der Waals surface area contributed by atoms with E-state index in [2.05, 4.69) is 9.97 Å². The Morgan fingerprint density at radius 2 is 1.82 bits per heavy atom. The molecular formula is C11H16N2O4. The average molecular weight is 240 g/mol. The fourth-order valence-electron chi connectivity index (χ4n) is 1.26. The molecule has 0 amide bonds. The zero-order valence-corrected chi connectivity index (χ0v) is 10.1. The Bertz CT molecular complexity index is 412. The zero-order valence-electron chi connectivity index (χ0n) is 10.1. The molecule has 6 nitrogen and oxygen atoms in total. The van der Waals surface area contributed by atoms with E-state index < -0.39 is 0 Å². The largest absolute Gasteiger partial charge is 0.481 e. The molecule has 0 aliphatic carbocycles. The van der Waals surface area contributed by atoms with E-state index in [0.29, 0.717) is 22.7 Å². The maximum atomic E-state index is 9.00. The van der Waals surface area contributed by atoms with Crippen molar-refractivity contribution in [2.75, 3.05) is 27.4 Å².